The number of esters is 2. The zero-order chi connectivity index (χ0) is 21.8. The highest BCUT2D eigenvalue weighted by Crippen LogP contribution is 2.40. The summed E-state index contributed by atoms with van der Waals surface area (Å²) >= 11 is 5.58. The zero-order valence-corrected chi connectivity index (χ0v) is 16.3. The lowest BCUT2D eigenvalue weighted by atomic mass is 9.63. The van der Waals surface area contributed by atoms with Crippen molar-refractivity contribution in [1.82, 2.24) is 0 Å². The number of hydrogen-bond donors (Lipinski definition) is 3. The van der Waals surface area contributed by atoms with Crippen LogP contribution in [0.5, 0.6) is 0 Å². The first-order valence-corrected chi connectivity index (χ1v) is 8.23. The standard InChI is InChI=1S/C16H23ClO10/c1-8(18)14(23,7-17)16(25,10(3)20)15(24,9(2)19)13(27-12(5)22)6-26-11(4)21/h13,23-25H,6-7H2,1-5H3/t13-,14-,15-,16-/m1/s1. The van der Waals surface area contributed by atoms with E-state index in [9.17, 15) is 39.3 Å². The Kier molecular flexibility index (Phi) is 8.25. The molecule has 0 aromatic carbocycles. The van der Waals surface area contributed by atoms with Crippen LogP contribution in [0.3, 0.4) is 0 Å². The Hall–Kier alpha value is -1.88. The predicted molar refractivity (Wildman–Crippen MR) is 89.8 cm³/mol. The molecule has 0 saturated heterocycles. The number of hydrogen-bond acceptors (Lipinski definition) is 10. The minimum atomic E-state index is -3.53. The van der Waals surface area contributed by atoms with E-state index in [-0.39, 0.29) is 0 Å². The topological polar surface area (TPSA) is 164 Å². The normalized spacial score (nSPS) is 18.9. The van der Waals surface area contributed by atoms with Crippen LogP contribution >= 0.6 is 11.6 Å². The van der Waals surface area contributed by atoms with Gasteiger partial charge in [0, 0.05) is 13.8 Å². The zero-order valence-electron chi connectivity index (χ0n) is 15.6. The Balaban J connectivity index is 6.87. The highest BCUT2D eigenvalue weighted by molar-refractivity contribution is 6.22. The van der Waals surface area contributed by atoms with E-state index < -0.39 is 64.7 Å². The Labute approximate surface area is 160 Å². The summed E-state index contributed by atoms with van der Waals surface area (Å²) in [6, 6.07) is 0. The van der Waals surface area contributed by atoms with Gasteiger partial charge in [0.2, 0.25) is 5.60 Å². The van der Waals surface area contributed by atoms with Crippen LogP contribution < -0.4 is 0 Å². The van der Waals surface area contributed by atoms with E-state index in [0.29, 0.717) is 13.8 Å². The molecule has 0 aromatic rings. The summed E-state index contributed by atoms with van der Waals surface area (Å²) < 4.78 is 9.41. The molecule has 4 atom stereocenters. The maximum Gasteiger partial charge on any atom is 0.303 e. The molecule has 3 N–H and O–H groups in total. The summed E-state index contributed by atoms with van der Waals surface area (Å²) in [6.07, 6.45) is -2.14. The summed E-state index contributed by atoms with van der Waals surface area (Å²) in [4.78, 5) is 59.1. The van der Waals surface area contributed by atoms with Crippen molar-refractivity contribution in [3.05, 3.63) is 0 Å². The number of Topliss-reactive ketones (excluding diaryl/α,β-unsaturated/α-hetero) is 3. The number of alkyl halides is 1. The van der Waals surface area contributed by atoms with Gasteiger partial charge in [0.15, 0.2) is 34.7 Å². The minimum absolute atomic E-state index is 0.686. The van der Waals surface area contributed by atoms with Gasteiger partial charge in [0.25, 0.3) is 0 Å². The molecule has 0 rings (SSSR count). The molecule has 154 valence electrons. The highest BCUT2D eigenvalue weighted by atomic mass is 35.5. The molecule has 0 aliphatic carbocycles. The van der Waals surface area contributed by atoms with Gasteiger partial charge in [0.1, 0.15) is 6.61 Å². The summed E-state index contributed by atoms with van der Waals surface area (Å²) in [5.74, 6) is -7.08. The number of ether oxygens (including phenoxy) is 2. The monoisotopic (exact) mass is 410 g/mol. The summed E-state index contributed by atoms with van der Waals surface area (Å²) in [6.45, 7) is 3.06. The fraction of sp³-hybridized carbons (Fsp3) is 0.688. The Bertz CT molecular complexity index is 647. The molecule has 0 saturated carbocycles. The van der Waals surface area contributed by atoms with E-state index >= 15 is 0 Å². The van der Waals surface area contributed by atoms with Crippen molar-refractivity contribution in [3.63, 3.8) is 0 Å². The van der Waals surface area contributed by atoms with Gasteiger partial charge in [-0.05, 0) is 20.8 Å². The molecule has 0 radical (unpaired) electrons. The molecule has 10 nitrogen and oxygen atoms in total. The van der Waals surface area contributed by atoms with Gasteiger partial charge in [-0.3, -0.25) is 24.0 Å². The highest BCUT2D eigenvalue weighted by Gasteiger charge is 2.72. The molecule has 27 heavy (non-hydrogen) atoms. The van der Waals surface area contributed by atoms with Crippen molar-refractivity contribution in [3.8, 4) is 0 Å². The van der Waals surface area contributed by atoms with Crippen molar-refractivity contribution in [1.29, 1.82) is 0 Å². The molecule has 0 amide bonds. The van der Waals surface area contributed by atoms with Gasteiger partial charge in [-0.1, -0.05) is 0 Å². The molecule has 0 fully saturated rings. The maximum atomic E-state index is 12.3. The second kappa shape index (κ2) is 8.87. The van der Waals surface area contributed by atoms with Crippen molar-refractivity contribution in [2.24, 2.45) is 0 Å². The summed E-state index contributed by atoms with van der Waals surface area (Å²) in [5.41, 5.74) is -10.0. The predicted octanol–water partition coefficient (Wildman–Crippen LogP) is -1.32. The van der Waals surface area contributed by atoms with Crippen LogP contribution in [-0.2, 0) is 33.4 Å². The lowest BCUT2D eigenvalue weighted by molar-refractivity contribution is -0.251. The van der Waals surface area contributed by atoms with E-state index in [2.05, 4.69) is 4.74 Å². The van der Waals surface area contributed by atoms with Crippen molar-refractivity contribution in [2.75, 3.05) is 12.5 Å². The van der Waals surface area contributed by atoms with E-state index in [1.807, 2.05) is 0 Å². The fourth-order valence-electron chi connectivity index (χ4n) is 2.67. The first-order chi connectivity index (χ1) is 12.1. The quantitative estimate of drug-likeness (QED) is 0.290. The van der Waals surface area contributed by atoms with Crippen LogP contribution in [0.25, 0.3) is 0 Å². The lowest BCUT2D eigenvalue weighted by Crippen LogP contribution is -2.80. The third-order valence-corrected chi connectivity index (χ3v) is 4.57. The fourth-order valence-corrected chi connectivity index (χ4v) is 3.05. The van der Waals surface area contributed by atoms with Gasteiger partial charge in [-0.2, -0.15) is 0 Å². The second-order valence-corrected chi connectivity index (χ2v) is 6.31. The van der Waals surface area contributed by atoms with Crippen LogP contribution in [0, 0.1) is 0 Å². The Morgan fingerprint density at radius 2 is 1.33 bits per heavy atom. The molecule has 0 unspecified atom stereocenters. The van der Waals surface area contributed by atoms with E-state index in [4.69, 9.17) is 16.3 Å². The number of rotatable bonds is 10. The third-order valence-electron chi connectivity index (χ3n) is 4.18. The largest absolute Gasteiger partial charge is 0.462 e. The maximum absolute atomic E-state index is 12.3. The smallest absolute Gasteiger partial charge is 0.303 e. The van der Waals surface area contributed by atoms with Crippen LogP contribution in [0.4, 0.5) is 0 Å². The van der Waals surface area contributed by atoms with Gasteiger partial charge < -0.3 is 24.8 Å². The molecule has 0 spiro atoms. The molecule has 0 aromatic heterocycles. The van der Waals surface area contributed by atoms with Crippen LogP contribution in [0.1, 0.15) is 34.6 Å². The molecular weight excluding hydrogens is 388 g/mol. The molecule has 0 bridgehead atoms. The average molecular weight is 411 g/mol. The molecular formula is C16H23ClO10. The van der Waals surface area contributed by atoms with Gasteiger partial charge in [-0.15, -0.1) is 11.6 Å². The molecule has 0 aliphatic heterocycles. The second-order valence-electron chi connectivity index (χ2n) is 6.04. The molecule has 11 heteroatoms. The number of carbonyl (C=O) groups is 5. The first kappa shape index (κ1) is 25.1. The number of halogens is 1. The van der Waals surface area contributed by atoms with Gasteiger partial charge in [-0.25, -0.2) is 0 Å². The molecule has 0 aliphatic rings. The van der Waals surface area contributed by atoms with Crippen molar-refractivity contribution in [2.45, 2.75) is 57.5 Å². The lowest BCUT2D eigenvalue weighted by Gasteiger charge is -2.49. The number of ketones is 3. The van der Waals surface area contributed by atoms with Gasteiger partial charge in [0.05, 0.1) is 5.88 Å². The third kappa shape index (κ3) is 4.34. The molecule has 0 heterocycles. The minimum Gasteiger partial charge on any atom is -0.462 e. The Morgan fingerprint density at radius 3 is 1.59 bits per heavy atom. The Morgan fingerprint density at radius 1 is 0.852 bits per heavy atom. The van der Waals surface area contributed by atoms with Crippen LogP contribution in [0.2, 0.25) is 0 Å². The summed E-state index contributed by atoms with van der Waals surface area (Å²) in [7, 11) is 0. The number of carbonyl (C=O) groups excluding carboxylic acids is 5. The first-order valence-electron chi connectivity index (χ1n) is 7.69. The summed E-state index contributed by atoms with van der Waals surface area (Å²) in [5, 5.41) is 32.7. The van der Waals surface area contributed by atoms with E-state index in [1.165, 1.54) is 0 Å². The van der Waals surface area contributed by atoms with Gasteiger partial charge >= 0.3 is 11.9 Å². The average Bonchev–Trinajstić information content (AvgIpc) is 2.54. The van der Waals surface area contributed by atoms with E-state index in [0.717, 1.165) is 20.8 Å². The number of aliphatic hydroxyl groups is 3. The van der Waals surface area contributed by atoms with E-state index in [1.54, 1.807) is 0 Å². The SMILES string of the molecule is CC(=O)OC[C@@H](OC(C)=O)[C@](O)(C(C)=O)[C@@](O)(C(C)=O)[C@@](O)(CCl)C(C)=O. The van der Waals surface area contributed by atoms with Crippen molar-refractivity contribution >= 4 is 40.9 Å². The van der Waals surface area contributed by atoms with Crippen LogP contribution in [-0.4, -0.2) is 80.0 Å². The van der Waals surface area contributed by atoms with Crippen molar-refractivity contribution < 1.29 is 48.8 Å². The van der Waals surface area contributed by atoms with Crippen LogP contribution in [0.15, 0.2) is 0 Å².